The molecule has 8 heteroatoms. The van der Waals surface area contributed by atoms with E-state index in [4.69, 9.17) is 14.4 Å². The maximum Gasteiger partial charge on any atom is 0.270 e. The van der Waals surface area contributed by atoms with Crippen LogP contribution in [0, 0.1) is 28.4 Å². The van der Waals surface area contributed by atoms with E-state index in [1.54, 1.807) is 25.1 Å². The molecule has 0 atom stereocenters. The molecule has 1 amide bonds. The largest absolute Gasteiger partial charge is 0.457 e. The number of carbonyl (C=O) groups excluding carboxylic acids is 1. The highest BCUT2D eigenvalue weighted by atomic mass is 16.6. The van der Waals surface area contributed by atoms with Crippen LogP contribution in [0.1, 0.15) is 11.3 Å². The number of ether oxygens (including phenoxy) is 1. The summed E-state index contributed by atoms with van der Waals surface area (Å²) >= 11 is 0. The summed E-state index contributed by atoms with van der Waals surface area (Å²) in [4.78, 5) is 22.4. The smallest absolute Gasteiger partial charge is 0.270 e. The van der Waals surface area contributed by atoms with Gasteiger partial charge >= 0.3 is 0 Å². The van der Waals surface area contributed by atoms with E-state index in [1.807, 2.05) is 6.07 Å². The molecule has 26 heavy (non-hydrogen) atoms. The van der Waals surface area contributed by atoms with Crippen LogP contribution < -0.4 is 5.32 Å². The molecule has 0 bridgehead atoms. The molecule has 134 valence electrons. The lowest BCUT2D eigenvalue weighted by atomic mass is 10.1. The SMILES string of the molecule is COCCNC(=O)/C(C#N)=C/c1ccc(-c2cc([N+](=O)[O-])ccc2C)o1. The third kappa shape index (κ3) is 4.55. The first kappa shape index (κ1) is 18.9. The van der Waals surface area contributed by atoms with E-state index in [-0.39, 0.29) is 17.8 Å². The normalized spacial score (nSPS) is 11.0. The molecule has 0 aliphatic carbocycles. The fourth-order valence-corrected chi connectivity index (χ4v) is 2.22. The Kier molecular flexibility index (Phi) is 6.25. The molecule has 0 aliphatic rings. The lowest BCUT2D eigenvalue weighted by molar-refractivity contribution is -0.384. The summed E-state index contributed by atoms with van der Waals surface area (Å²) < 4.78 is 10.5. The minimum absolute atomic E-state index is 0.0469. The average Bonchev–Trinajstić information content (AvgIpc) is 3.08. The third-order valence-corrected chi connectivity index (χ3v) is 3.57. The number of hydrogen-bond donors (Lipinski definition) is 1. The van der Waals surface area contributed by atoms with Crippen molar-refractivity contribution in [2.75, 3.05) is 20.3 Å². The Balaban J connectivity index is 2.26. The quantitative estimate of drug-likeness (QED) is 0.268. The van der Waals surface area contributed by atoms with Crippen molar-refractivity contribution < 1.29 is 18.9 Å². The van der Waals surface area contributed by atoms with Gasteiger partial charge in [-0.1, -0.05) is 6.07 Å². The number of benzene rings is 1. The number of aryl methyl sites for hydroxylation is 1. The number of furan rings is 1. The highest BCUT2D eigenvalue weighted by Gasteiger charge is 2.14. The van der Waals surface area contributed by atoms with Crippen LogP contribution in [0.4, 0.5) is 5.69 Å². The Hall–Kier alpha value is -3.44. The van der Waals surface area contributed by atoms with Crippen LogP contribution in [0.2, 0.25) is 0 Å². The summed E-state index contributed by atoms with van der Waals surface area (Å²) in [5.41, 5.74) is 1.22. The molecular weight excluding hydrogens is 338 g/mol. The van der Waals surface area contributed by atoms with Crippen LogP contribution in [-0.4, -0.2) is 31.1 Å². The number of rotatable bonds is 7. The standard InChI is InChI=1S/C18H17N3O5/c1-12-3-4-14(21(23)24)10-16(12)17-6-5-15(26-17)9-13(11-19)18(22)20-7-8-25-2/h3-6,9-10H,7-8H2,1-2H3,(H,20,22)/b13-9+. The molecule has 0 aliphatic heterocycles. The molecule has 8 nitrogen and oxygen atoms in total. The number of amides is 1. The second-order valence-corrected chi connectivity index (χ2v) is 5.38. The van der Waals surface area contributed by atoms with Gasteiger partial charge in [0, 0.05) is 37.4 Å². The fraction of sp³-hybridized carbons (Fsp3) is 0.222. The summed E-state index contributed by atoms with van der Waals surface area (Å²) in [5, 5.41) is 22.6. The molecule has 0 spiro atoms. The number of methoxy groups -OCH3 is 1. The Morgan fingerprint density at radius 1 is 1.42 bits per heavy atom. The molecule has 1 N–H and O–H groups in total. The minimum atomic E-state index is -0.533. The van der Waals surface area contributed by atoms with Crippen molar-refractivity contribution >= 4 is 17.7 Å². The lowest BCUT2D eigenvalue weighted by Gasteiger charge is -2.03. The highest BCUT2D eigenvalue weighted by molar-refractivity contribution is 6.01. The molecule has 1 aromatic carbocycles. The second-order valence-electron chi connectivity index (χ2n) is 5.38. The van der Waals surface area contributed by atoms with Crippen molar-refractivity contribution in [3.05, 3.63) is 57.3 Å². The van der Waals surface area contributed by atoms with Gasteiger partial charge < -0.3 is 14.5 Å². The summed E-state index contributed by atoms with van der Waals surface area (Å²) in [7, 11) is 1.51. The van der Waals surface area contributed by atoms with Gasteiger partial charge in [0.05, 0.1) is 11.5 Å². The van der Waals surface area contributed by atoms with Gasteiger partial charge in [0.2, 0.25) is 0 Å². The molecule has 0 fully saturated rings. The number of nitriles is 1. The number of non-ortho nitro benzene ring substituents is 1. The first-order valence-electron chi connectivity index (χ1n) is 7.70. The molecule has 2 aromatic rings. The van der Waals surface area contributed by atoms with Gasteiger partial charge in [-0.3, -0.25) is 14.9 Å². The van der Waals surface area contributed by atoms with E-state index in [1.165, 1.54) is 25.3 Å². The Labute approximate surface area is 149 Å². The molecule has 0 saturated carbocycles. The van der Waals surface area contributed by atoms with Crippen LogP contribution >= 0.6 is 0 Å². The zero-order valence-electron chi connectivity index (χ0n) is 14.3. The highest BCUT2D eigenvalue weighted by Crippen LogP contribution is 2.29. The van der Waals surface area contributed by atoms with Gasteiger partial charge in [-0.15, -0.1) is 0 Å². The van der Waals surface area contributed by atoms with Gasteiger partial charge in [0.1, 0.15) is 23.2 Å². The molecule has 0 saturated heterocycles. The zero-order chi connectivity index (χ0) is 19.1. The average molecular weight is 355 g/mol. The fourth-order valence-electron chi connectivity index (χ4n) is 2.22. The van der Waals surface area contributed by atoms with Crippen molar-refractivity contribution in [3.8, 4) is 17.4 Å². The summed E-state index contributed by atoms with van der Waals surface area (Å²) in [5.74, 6) is 0.174. The maximum absolute atomic E-state index is 11.9. The van der Waals surface area contributed by atoms with Crippen LogP contribution in [-0.2, 0) is 9.53 Å². The topological polar surface area (TPSA) is 118 Å². The van der Waals surface area contributed by atoms with Gasteiger partial charge in [-0.25, -0.2) is 0 Å². The van der Waals surface area contributed by atoms with Gasteiger partial charge in [-0.2, -0.15) is 5.26 Å². The lowest BCUT2D eigenvalue weighted by Crippen LogP contribution is -2.27. The molecule has 2 rings (SSSR count). The number of nitrogens with zero attached hydrogens (tertiary/aromatic N) is 2. The van der Waals surface area contributed by atoms with E-state index < -0.39 is 10.8 Å². The van der Waals surface area contributed by atoms with Gasteiger partial charge in [0.15, 0.2) is 0 Å². The van der Waals surface area contributed by atoms with Crippen molar-refractivity contribution in [2.24, 2.45) is 0 Å². The first-order valence-corrected chi connectivity index (χ1v) is 7.70. The number of carbonyl (C=O) groups is 1. The number of nitro groups is 1. The predicted octanol–water partition coefficient (Wildman–Crippen LogP) is 2.83. The van der Waals surface area contributed by atoms with E-state index in [9.17, 15) is 14.9 Å². The van der Waals surface area contributed by atoms with Crippen molar-refractivity contribution in [2.45, 2.75) is 6.92 Å². The first-order chi connectivity index (χ1) is 12.5. The molecule has 1 heterocycles. The summed E-state index contributed by atoms with van der Waals surface area (Å²) in [6, 6.07) is 9.52. The number of nitrogens with one attached hydrogen (secondary N) is 1. The van der Waals surface area contributed by atoms with Crippen LogP contribution in [0.25, 0.3) is 17.4 Å². The Bertz CT molecular complexity index is 892. The Morgan fingerprint density at radius 3 is 2.85 bits per heavy atom. The van der Waals surface area contributed by atoms with E-state index in [0.717, 1.165) is 5.56 Å². The third-order valence-electron chi connectivity index (χ3n) is 3.57. The van der Waals surface area contributed by atoms with Crippen molar-refractivity contribution in [3.63, 3.8) is 0 Å². The van der Waals surface area contributed by atoms with Gasteiger partial charge in [-0.05, 0) is 24.6 Å². The number of hydrogen-bond acceptors (Lipinski definition) is 6. The predicted molar refractivity (Wildman–Crippen MR) is 94.0 cm³/mol. The Morgan fingerprint density at radius 2 is 2.19 bits per heavy atom. The van der Waals surface area contributed by atoms with Gasteiger partial charge in [0.25, 0.3) is 11.6 Å². The van der Waals surface area contributed by atoms with E-state index >= 15 is 0 Å². The molecule has 0 unspecified atom stereocenters. The molecule has 0 radical (unpaired) electrons. The summed E-state index contributed by atoms with van der Waals surface area (Å²) in [6.07, 6.45) is 1.32. The maximum atomic E-state index is 11.9. The zero-order valence-corrected chi connectivity index (χ0v) is 14.3. The summed E-state index contributed by atoms with van der Waals surface area (Å²) in [6.45, 7) is 2.42. The molecular formula is C18H17N3O5. The van der Waals surface area contributed by atoms with E-state index in [2.05, 4.69) is 5.32 Å². The van der Waals surface area contributed by atoms with Crippen LogP contribution in [0.15, 0.2) is 40.3 Å². The molecule has 1 aromatic heterocycles. The second kappa shape index (κ2) is 8.60. The van der Waals surface area contributed by atoms with Crippen molar-refractivity contribution in [1.29, 1.82) is 5.26 Å². The van der Waals surface area contributed by atoms with Crippen LogP contribution in [0.5, 0.6) is 0 Å². The monoisotopic (exact) mass is 355 g/mol. The number of nitro benzene ring substituents is 1. The minimum Gasteiger partial charge on any atom is -0.457 e. The van der Waals surface area contributed by atoms with Crippen LogP contribution in [0.3, 0.4) is 0 Å². The van der Waals surface area contributed by atoms with Crippen molar-refractivity contribution in [1.82, 2.24) is 5.32 Å². The van der Waals surface area contributed by atoms with E-state index in [0.29, 0.717) is 23.7 Å².